The lowest BCUT2D eigenvalue weighted by Crippen LogP contribution is -2.48. The molecule has 2 heterocycles. The molecule has 4 rings (SSSR count). The smallest absolute Gasteiger partial charge is 0.305 e. The third-order valence-corrected chi connectivity index (χ3v) is 8.15. The number of nitro groups is 1. The Balaban J connectivity index is 1.95. The average molecular weight is 502 g/mol. The van der Waals surface area contributed by atoms with Crippen LogP contribution in [0.5, 0.6) is 0 Å². The number of rotatable bonds is 10. The minimum atomic E-state index is -4.26. The van der Waals surface area contributed by atoms with Crippen molar-refractivity contribution in [3.63, 3.8) is 0 Å². The molecule has 3 aromatic rings. The number of carbonyl (C=O) groups is 1. The van der Waals surface area contributed by atoms with E-state index in [4.69, 9.17) is 13.6 Å². The normalized spacial score (nSPS) is 18.6. The van der Waals surface area contributed by atoms with Gasteiger partial charge in [-0.15, -0.1) is 11.3 Å². The van der Waals surface area contributed by atoms with E-state index >= 15 is 0 Å². The van der Waals surface area contributed by atoms with Gasteiger partial charge in [0.05, 0.1) is 12.2 Å². The van der Waals surface area contributed by atoms with Gasteiger partial charge in [0.15, 0.2) is 5.60 Å². The Morgan fingerprint density at radius 2 is 1.74 bits per heavy atom. The van der Waals surface area contributed by atoms with Crippen LogP contribution >= 0.6 is 19.2 Å². The molecule has 2 aromatic carbocycles. The maximum Gasteiger partial charge on any atom is 0.475 e. The van der Waals surface area contributed by atoms with Gasteiger partial charge in [-0.25, -0.2) is 4.57 Å². The maximum absolute atomic E-state index is 14.3. The number of thiophene rings is 1. The molecule has 0 N–H and O–H groups in total. The first kappa shape index (κ1) is 24.3. The van der Waals surface area contributed by atoms with Gasteiger partial charge in [-0.1, -0.05) is 54.6 Å². The zero-order chi connectivity index (χ0) is 24.3. The molecule has 0 fully saturated rings. The van der Waals surface area contributed by atoms with Gasteiger partial charge in [0.2, 0.25) is 6.54 Å². The van der Waals surface area contributed by atoms with E-state index < -0.39 is 36.7 Å². The predicted octanol–water partition coefficient (Wildman–Crippen LogP) is 4.97. The number of fused-ring (bicyclic) bond motifs is 1. The van der Waals surface area contributed by atoms with Crippen LogP contribution in [-0.4, -0.2) is 31.6 Å². The van der Waals surface area contributed by atoms with Crippen LogP contribution < -0.4 is 4.90 Å². The van der Waals surface area contributed by atoms with Gasteiger partial charge in [-0.2, -0.15) is 0 Å². The molecule has 0 saturated heterocycles. The zero-order valence-electron chi connectivity index (χ0n) is 18.5. The highest BCUT2D eigenvalue weighted by Crippen LogP contribution is 2.61. The van der Waals surface area contributed by atoms with E-state index in [1.807, 2.05) is 30.3 Å². The van der Waals surface area contributed by atoms with Crippen LogP contribution in [0.1, 0.15) is 21.9 Å². The van der Waals surface area contributed by atoms with Crippen LogP contribution in [-0.2, 0) is 35.1 Å². The number of para-hydroxylation sites is 1. The summed E-state index contributed by atoms with van der Waals surface area (Å²) in [4.78, 5) is 27.6. The molecule has 2 atom stereocenters. The second-order valence-corrected chi connectivity index (χ2v) is 10.4. The molecular weight excluding hydrogens is 479 g/mol. The number of anilines is 1. The molecule has 0 unspecified atom stereocenters. The molecule has 1 aromatic heterocycles. The Labute approximate surface area is 200 Å². The number of nitrogens with zero attached hydrogens (tertiary/aromatic N) is 2. The van der Waals surface area contributed by atoms with Crippen molar-refractivity contribution in [2.75, 3.05) is 25.7 Å². The third kappa shape index (κ3) is 4.31. The lowest BCUT2D eigenvalue weighted by Gasteiger charge is -2.35. The van der Waals surface area contributed by atoms with Crippen LogP contribution in [0.25, 0.3) is 0 Å². The Morgan fingerprint density at radius 3 is 2.35 bits per heavy atom. The van der Waals surface area contributed by atoms with Gasteiger partial charge in [0.1, 0.15) is 5.92 Å². The summed E-state index contributed by atoms with van der Waals surface area (Å²) in [5, 5.41) is 13.6. The summed E-state index contributed by atoms with van der Waals surface area (Å²) in [6, 6.07) is 19.6. The fraction of sp³-hybridized carbons (Fsp3) is 0.261. The molecule has 1 aliphatic rings. The largest absolute Gasteiger partial charge is 0.475 e. The molecule has 1 amide bonds. The molecule has 1 aliphatic heterocycles. The summed E-state index contributed by atoms with van der Waals surface area (Å²) in [7, 11) is -1.99. The Hall–Kier alpha value is -2.88. The topological polar surface area (TPSA) is 108 Å². The highest BCUT2D eigenvalue weighted by molar-refractivity contribution is 7.48. The summed E-state index contributed by atoms with van der Waals surface area (Å²) in [5.41, 5.74) is -0.277. The fourth-order valence-corrected chi connectivity index (χ4v) is 6.07. The van der Waals surface area contributed by atoms with E-state index in [1.165, 1.54) is 16.2 Å². The molecule has 11 heteroatoms. The third-order valence-electron chi connectivity index (χ3n) is 5.75. The van der Waals surface area contributed by atoms with Gasteiger partial charge in [-0.3, -0.25) is 28.5 Å². The monoisotopic (exact) mass is 502 g/mol. The number of carbonyl (C=O) groups excluding carboxylic acids is 1. The van der Waals surface area contributed by atoms with Gasteiger partial charge < -0.3 is 4.90 Å². The zero-order valence-corrected chi connectivity index (χ0v) is 20.2. The minimum Gasteiger partial charge on any atom is -0.305 e. The molecule has 34 heavy (non-hydrogen) atoms. The predicted molar refractivity (Wildman–Crippen MR) is 127 cm³/mol. The molecule has 178 valence electrons. The van der Waals surface area contributed by atoms with Crippen molar-refractivity contribution in [1.29, 1.82) is 0 Å². The van der Waals surface area contributed by atoms with Gasteiger partial charge in [-0.05, 0) is 23.1 Å². The number of amides is 1. The van der Waals surface area contributed by atoms with E-state index in [9.17, 15) is 19.5 Å². The van der Waals surface area contributed by atoms with Gasteiger partial charge in [0.25, 0.3) is 5.91 Å². The molecule has 0 aliphatic carbocycles. The van der Waals surface area contributed by atoms with E-state index in [0.29, 0.717) is 16.1 Å². The van der Waals surface area contributed by atoms with Crippen molar-refractivity contribution in [1.82, 2.24) is 0 Å². The van der Waals surface area contributed by atoms with E-state index in [1.54, 1.807) is 41.8 Å². The lowest BCUT2D eigenvalue weighted by atomic mass is 9.81. The summed E-state index contributed by atoms with van der Waals surface area (Å²) in [5.74, 6) is -1.66. The van der Waals surface area contributed by atoms with Crippen molar-refractivity contribution in [2.45, 2.75) is 18.1 Å². The minimum absolute atomic E-state index is 0.196. The first-order valence-electron chi connectivity index (χ1n) is 10.4. The Morgan fingerprint density at radius 1 is 1.06 bits per heavy atom. The number of hydrogen-bond acceptors (Lipinski definition) is 8. The number of phosphoric ester groups is 1. The number of phosphoric acid groups is 1. The van der Waals surface area contributed by atoms with Crippen LogP contribution in [0.2, 0.25) is 0 Å². The Bertz CT molecular complexity index is 1210. The first-order chi connectivity index (χ1) is 16.3. The highest BCUT2D eigenvalue weighted by atomic mass is 32.1. The number of hydrogen-bond donors (Lipinski definition) is 0. The van der Waals surface area contributed by atoms with Crippen LogP contribution in [0.15, 0.2) is 72.1 Å². The van der Waals surface area contributed by atoms with Crippen LogP contribution in [0, 0.1) is 10.1 Å². The average Bonchev–Trinajstić information content (AvgIpc) is 3.46. The molecule has 0 radical (unpaired) electrons. The van der Waals surface area contributed by atoms with Crippen molar-refractivity contribution in [3.05, 3.63) is 98.2 Å². The standard InChI is InChI=1S/C23H23N2O7PS/c1-30-33(29,31-2)32-23(19(16-25(27)28)21-13-8-14-34-21)18-11-6-7-12-20(18)24(22(23)26)15-17-9-4-3-5-10-17/h3-14,19H,15-16H2,1-2H3/t19-,23-/m0/s1. The fourth-order valence-electron chi connectivity index (χ4n) is 4.24. The summed E-state index contributed by atoms with van der Waals surface area (Å²) in [6.07, 6.45) is 0. The molecule has 0 spiro atoms. The summed E-state index contributed by atoms with van der Waals surface area (Å²) < 4.78 is 29.4. The van der Waals surface area contributed by atoms with E-state index in [2.05, 4.69) is 0 Å². The first-order valence-corrected chi connectivity index (χ1v) is 12.7. The van der Waals surface area contributed by atoms with Crippen molar-refractivity contribution in [3.8, 4) is 0 Å². The molecule has 0 saturated carbocycles. The summed E-state index contributed by atoms with van der Waals surface area (Å²) >= 11 is 1.26. The highest BCUT2D eigenvalue weighted by Gasteiger charge is 2.62. The SMILES string of the molecule is COP(=O)(OC)O[C@@]1([C@@H](C[N+](=O)[O-])c2cccs2)C(=O)N(Cc2ccccc2)c2ccccc21. The van der Waals surface area contributed by atoms with Crippen molar-refractivity contribution >= 4 is 30.8 Å². The van der Waals surface area contributed by atoms with E-state index in [0.717, 1.165) is 19.8 Å². The van der Waals surface area contributed by atoms with Gasteiger partial charge >= 0.3 is 7.82 Å². The lowest BCUT2D eigenvalue weighted by molar-refractivity contribution is -0.486. The second-order valence-electron chi connectivity index (χ2n) is 7.62. The van der Waals surface area contributed by atoms with Crippen LogP contribution in [0.4, 0.5) is 5.69 Å². The second kappa shape index (κ2) is 9.77. The van der Waals surface area contributed by atoms with E-state index in [-0.39, 0.29) is 6.54 Å². The molecule has 0 bridgehead atoms. The maximum atomic E-state index is 14.3. The quantitative estimate of drug-likeness (QED) is 0.219. The van der Waals surface area contributed by atoms with Crippen molar-refractivity contribution < 1.29 is 27.9 Å². The summed E-state index contributed by atoms with van der Waals surface area (Å²) in [6.45, 7) is -0.436. The van der Waals surface area contributed by atoms with Gasteiger partial charge in [0, 0.05) is 29.6 Å². The molecule has 9 nitrogen and oxygen atoms in total. The molecular formula is C23H23N2O7PS. The van der Waals surface area contributed by atoms with Crippen LogP contribution in [0.3, 0.4) is 0 Å². The van der Waals surface area contributed by atoms with Crippen molar-refractivity contribution in [2.24, 2.45) is 0 Å². The number of benzene rings is 2. The Kier molecular flexibility index (Phi) is 6.97.